The summed E-state index contributed by atoms with van der Waals surface area (Å²) < 4.78 is 4.97. The molecule has 0 saturated carbocycles. The van der Waals surface area contributed by atoms with E-state index in [0.29, 0.717) is 5.95 Å². The molecule has 1 aliphatic rings. The SMILES string of the molecule is c1ccc(-c2nc(N3c4ccccc4-n4c5c3cccc5c3c5c6ccccc6n(-c6ccccc6)c5c5ccccc5c34)nc3c2ccc2ccccc23)cc1. The van der Waals surface area contributed by atoms with Crippen molar-refractivity contribution in [1.82, 2.24) is 19.1 Å². The molecule has 0 bridgehead atoms. The molecule has 264 valence electrons. The molecule has 1 aliphatic heterocycles. The van der Waals surface area contributed by atoms with E-state index in [1.54, 1.807) is 0 Å². The maximum atomic E-state index is 5.51. The van der Waals surface area contributed by atoms with E-state index in [2.05, 4.69) is 202 Å². The lowest BCUT2D eigenvalue weighted by molar-refractivity contribution is 1.06. The van der Waals surface area contributed by atoms with Crippen LogP contribution in [0.15, 0.2) is 188 Å². The van der Waals surface area contributed by atoms with Crippen LogP contribution in [0.2, 0.25) is 0 Å². The van der Waals surface area contributed by atoms with Gasteiger partial charge in [0.2, 0.25) is 5.95 Å². The van der Waals surface area contributed by atoms with Gasteiger partial charge in [-0.1, -0.05) is 146 Å². The fourth-order valence-electron chi connectivity index (χ4n) is 9.69. The molecule has 0 saturated heterocycles. The smallest absolute Gasteiger partial charge is 0.235 e. The second kappa shape index (κ2) is 11.4. The minimum Gasteiger partial charge on any atom is -0.309 e. The highest BCUT2D eigenvalue weighted by Gasteiger charge is 2.33. The van der Waals surface area contributed by atoms with Gasteiger partial charge >= 0.3 is 0 Å². The van der Waals surface area contributed by atoms with Crippen molar-refractivity contribution in [1.29, 1.82) is 0 Å². The minimum absolute atomic E-state index is 0.643. The van der Waals surface area contributed by atoms with Crippen molar-refractivity contribution in [2.45, 2.75) is 0 Å². The summed E-state index contributed by atoms with van der Waals surface area (Å²) in [5.74, 6) is 0.643. The Morgan fingerprint density at radius 1 is 0.351 bits per heavy atom. The van der Waals surface area contributed by atoms with Crippen molar-refractivity contribution in [2.24, 2.45) is 0 Å². The summed E-state index contributed by atoms with van der Waals surface area (Å²) in [6.07, 6.45) is 0. The molecule has 0 fully saturated rings. The minimum atomic E-state index is 0.643. The Hall–Kier alpha value is -7.76. The van der Waals surface area contributed by atoms with Gasteiger partial charge in [0.15, 0.2) is 0 Å². The van der Waals surface area contributed by atoms with E-state index in [4.69, 9.17) is 9.97 Å². The van der Waals surface area contributed by atoms with Gasteiger partial charge in [-0.05, 0) is 47.9 Å². The molecular weight excluding hydrogens is 695 g/mol. The van der Waals surface area contributed by atoms with E-state index in [0.717, 1.165) is 61.2 Å². The number of fused-ring (bicyclic) bond motifs is 15. The molecule has 0 spiro atoms. The predicted octanol–water partition coefficient (Wildman–Crippen LogP) is 13.6. The van der Waals surface area contributed by atoms with Crippen LogP contribution in [0.3, 0.4) is 0 Å². The van der Waals surface area contributed by atoms with Crippen LogP contribution in [0.4, 0.5) is 17.3 Å². The molecule has 0 amide bonds. The van der Waals surface area contributed by atoms with Gasteiger partial charge in [-0.15, -0.1) is 0 Å². The molecule has 0 N–H and O–H groups in total. The summed E-state index contributed by atoms with van der Waals surface area (Å²) in [5.41, 5.74) is 12.0. The molecular formula is C52H31N5. The van der Waals surface area contributed by atoms with Crippen LogP contribution >= 0.6 is 0 Å². The lowest BCUT2D eigenvalue weighted by Crippen LogP contribution is -2.20. The Balaban J connectivity index is 1.21. The van der Waals surface area contributed by atoms with Crippen molar-refractivity contribution in [2.75, 3.05) is 4.90 Å². The molecule has 0 unspecified atom stereocenters. The van der Waals surface area contributed by atoms with Gasteiger partial charge in [-0.2, -0.15) is 0 Å². The average molecular weight is 726 g/mol. The van der Waals surface area contributed by atoms with E-state index in [1.807, 2.05) is 0 Å². The number of benzene rings is 9. The fourth-order valence-corrected chi connectivity index (χ4v) is 9.69. The number of hydrogen-bond acceptors (Lipinski definition) is 3. The van der Waals surface area contributed by atoms with E-state index in [-0.39, 0.29) is 0 Å². The third kappa shape index (κ3) is 4.07. The lowest BCUT2D eigenvalue weighted by atomic mass is 9.99. The first-order valence-electron chi connectivity index (χ1n) is 19.4. The molecule has 0 radical (unpaired) electrons. The molecule has 3 aromatic heterocycles. The summed E-state index contributed by atoms with van der Waals surface area (Å²) in [5, 5.41) is 10.7. The topological polar surface area (TPSA) is 38.9 Å². The van der Waals surface area contributed by atoms with Gasteiger partial charge in [0.05, 0.1) is 50.3 Å². The zero-order chi connectivity index (χ0) is 37.2. The van der Waals surface area contributed by atoms with Gasteiger partial charge in [-0.3, -0.25) is 4.90 Å². The van der Waals surface area contributed by atoms with E-state index >= 15 is 0 Å². The van der Waals surface area contributed by atoms with Crippen molar-refractivity contribution >= 4 is 93.4 Å². The number of aromatic nitrogens is 4. The van der Waals surface area contributed by atoms with Crippen molar-refractivity contribution in [3.63, 3.8) is 0 Å². The third-order valence-electron chi connectivity index (χ3n) is 12.0. The van der Waals surface area contributed by atoms with Crippen LogP contribution in [0.5, 0.6) is 0 Å². The molecule has 5 heteroatoms. The maximum absolute atomic E-state index is 5.51. The third-order valence-corrected chi connectivity index (χ3v) is 12.0. The predicted molar refractivity (Wildman–Crippen MR) is 237 cm³/mol. The van der Waals surface area contributed by atoms with E-state index in [9.17, 15) is 0 Å². The molecule has 0 atom stereocenters. The summed E-state index contributed by atoms with van der Waals surface area (Å²) in [7, 11) is 0. The van der Waals surface area contributed by atoms with Crippen molar-refractivity contribution in [3.05, 3.63) is 188 Å². The second-order valence-electron chi connectivity index (χ2n) is 14.9. The molecule has 13 rings (SSSR count). The highest BCUT2D eigenvalue weighted by molar-refractivity contribution is 6.38. The van der Waals surface area contributed by atoms with Crippen LogP contribution in [-0.4, -0.2) is 19.1 Å². The van der Waals surface area contributed by atoms with Crippen LogP contribution < -0.4 is 4.90 Å². The van der Waals surface area contributed by atoms with Crippen molar-refractivity contribution in [3.8, 4) is 22.6 Å². The zero-order valence-corrected chi connectivity index (χ0v) is 30.6. The van der Waals surface area contributed by atoms with Crippen molar-refractivity contribution < 1.29 is 0 Å². The quantitative estimate of drug-likeness (QED) is 0.170. The standard InChI is InChI=1S/C52H31N5/c1-3-17-33(18-4-1)47-40-31-30-32-16-7-8-21-35(32)48(40)54-52(53-47)56-42-27-13-14-28-43(42)57-49-39(25-15-29-44(49)56)46-45-38-24-11-12-26-41(38)55(34-19-5-2-6-20-34)50(45)36-22-9-10-23-37(36)51(46)57/h1-31H. The molecule has 9 aromatic carbocycles. The lowest BCUT2D eigenvalue weighted by Gasteiger charge is -2.32. The average Bonchev–Trinajstić information content (AvgIpc) is 3.82. The van der Waals surface area contributed by atoms with E-state index in [1.165, 1.54) is 48.9 Å². The van der Waals surface area contributed by atoms with Gasteiger partial charge < -0.3 is 9.13 Å². The van der Waals surface area contributed by atoms with Crippen LogP contribution in [-0.2, 0) is 0 Å². The highest BCUT2D eigenvalue weighted by atomic mass is 15.3. The zero-order valence-electron chi connectivity index (χ0n) is 30.6. The van der Waals surface area contributed by atoms with E-state index < -0.39 is 0 Å². The summed E-state index contributed by atoms with van der Waals surface area (Å²) in [6, 6.07) is 67.4. The van der Waals surface area contributed by atoms with Gasteiger partial charge in [-0.25, -0.2) is 9.97 Å². The Labute approximate surface area is 326 Å². The Morgan fingerprint density at radius 3 is 1.75 bits per heavy atom. The van der Waals surface area contributed by atoms with Crippen LogP contribution in [0.1, 0.15) is 0 Å². The number of rotatable bonds is 3. The summed E-state index contributed by atoms with van der Waals surface area (Å²) in [6.45, 7) is 0. The number of nitrogens with zero attached hydrogens (tertiary/aromatic N) is 5. The number of para-hydroxylation sites is 5. The summed E-state index contributed by atoms with van der Waals surface area (Å²) in [4.78, 5) is 13.3. The second-order valence-corrected chi connectivity index (χ2v) is 14.9. The first kappa shape index (κ1) is 30.6. The largest absolute Gasteiger partial charge is 0.309 e. The molecule has 12 aromatic rings. The Morgan fingerprint density at radius 2 is 0.947 bits per heavy atom. The monoisotopic (exact) mass is 725 g/mol. The van der Waals surface area contributed by atoms with Crippen LogP contribution in [0, 0.1) is 0 Å². The molecule has 4 heterocycles. The molecule has 0 aliphatic carbocycles. The van der Waals surface area contributed by atoms with Gasteiger partial charge in [0.1, 0.15) is 0 Å². The highest BCUT2D eigenvalue weighted by Crippen LogP contribution is 2.53. The molecule has 57 heavy (non-hydrogen) atoms. The maximum Gasteiger partial charge on any atom is 0.235 e. The van der Waals surface area contributed by atoms with Gasteiger partial charge in [0.25, 0.3) is 0 Å². The normalized spacial score (nSPS) is 12.5. The number of anilines is 3. The fraction of sp³-hybridized carbons (Fsp3) is 0. The van der Waals surface area contributed by atoms with Gasteiger partial charge in [0, 0.05) is 54.3 Å². The molecule has 5 nitrogen and oxygen atoms in total. The van der Waals surface area contributed by atoms with Crippen LogP contribution in [0.25, 0.3) is 98.7 Å². The Bertz CT molecular complexity index is 3640. The Kier molecular flexibility index (Phi) is 6.10. The summed E-state index contributed by atoms with van der Waals surface area (Å²) >= 11 is 0. The number of hydrogen-bond donors (Lipinski definition) is 0. The first-order chi connectivity index (χ1) is 28.3. The first-order valence-corrected chi connectivity index (χ1v) is 19.4.